The van der Waals surface area contributed by atoms with E-state index in [0.29, 0.717) is 12.0 Å². The van der Waals surface area contributed by atoms with E-state index in [1.165, 1.54) is 0 Å². The number of rotatable bonds is 7. The van der Waals surface area contributed by atoms with Crippen molar-refractivity contribution in [2.45, 2.75) is 59.9 Å². The van der Waals surface area contributed by atoms with Crippen molar-refractivity contribution in [3.05, 3.63) is 0 Å². The van der Waals surface area contributed by atoms with E-state index in [0.717, 1.165) is 38.3 Å². The molecule has 0 aromatic heterocycles. The second-order valence-corrected chi connectivity index (χ2v) is 4.87. The Bertz CT molecular complexity index is 209. The summed E-state index contributed by atoms with van der Waals surface area (Å²) < 4.78 is 0. The summed E-state index contributed by atoms with van der Waals surface area (Å²) >= 11 is 0. The van der Waals surface area contributed by atoms with E-state index >= 15 is 0 Å². The first-order valence-corrected chi connectivity index (χ1v) is 6.88. The van der Waals surface area contributed by atoms with Crippen LogP contribution in [-0.4, -0.2) is 30.0 Å². The summed E-state index contributed by atoms with van der Waals surface area (Å²) in [4.78, 5) is 6.86. The van der Waals surface area contributed by atoms with Crippen molar-refractivity contribution in [3.8, 4) is 0 Å². The van der Waals surface area contributed by atoms with Crippen molar-refractivity contribution >= 4 is 5.96 Å². The molecule has 0 bridgehead atoms. The SMILES string of the molecule is CCCN=C(NN)N(CC(C)C)C(CC)CC. The molecule has 0 atom stereocenters. The summed E-state index contributed by atoms with van der Waals surface area (Å²) in [6, 6.07) is 0.518. The van der Waals surface area contributed by atoms with Crippen LogP contribution in [0.15, 0.2) is 4.99 Å². The lowest BCUT2D eigenvalue weighted by atomic mass is 10.1. The smallest absolute Gasteiger partial charge is 0.208 e. The lowest BCUT2D eigenvalue weighted by Gasteiger charge is -2.34. The molecule has 0 amide bonds. The summed E-state index contributed by atoms with van der Waals surface area (Å²) in [7, 11) is 0. The fourth-order valence-electron chi connectivity index (χ4n) is 1.97. The van der Waals surface area contributed by atoms with E-state index in [9.17, 15) is 0 Å². The predicted molar refractivity (Wildman–Crippen MR) is 75.8 cm³/mol. The van der Waals surface area contributed by atoms with Crippen LogP contribution in [0.2, 0.25) is 0 Å². The van der Waals surface area contributed by atoms with Gasteiger partial charge >= 0.3 is 0 Å². The molecule has 4 nitrogen and oxygen atoms in total. The van der Waals surface area contributed by atoms with E-state index in [4.69, 9.17) is 5.84 Å². The molecule has 0 aromatic carbocycles. The summed E-state index contributed by atoms with van der Waals surface area (Å²) in [5.41, 5.74) is 2.77. The van der Waals surface area contributed by atoms with Gasteiger partial charge < -0.3 is 4.90 Å². The monoisotopic (exact) mass is 242 g/mol. The summed E-state index contributed by atoms with van der Waals surface area (Å²) in [6.45, 7) is 12.8. The predicted octanol–water partition coefficient (Wildman–Crippen LogP) is 2.36. The number of nitrogens with zero attached hydrogens (tertiary/aromatic N) is 2. The lowest BCUT2D eigenvalue weighted by Crippen LogP contribution is -2.50. The molecule has 4 heteroatoms. The van der Waals surface area contributed by atoms with Gasteiger partial charge in [0.15, 0.2) is 0 Å². The Labute approximate surface area is 107 Å². The Balaban J connectivity index is 4.84. The Morgan fingerprint density at radius 2 is 1.82 bits per heavy atom. The molecular weight excluding hydrogens is 212 g/mol. The third kappa shape index (κ3) is 5.91. The molecule has 3 N–H and O–H groups in total. The van der Waals surface area contributed by atoms with Crippen LogP contribution >= 0.6 is 0 Å². The third-order valence-electron chi connectivity index (χ3n) is 2.83. The van der Waals surface area contributed by atoms with Crippen molar-refractivity contribution in [1.82, 2.24) is 10.3 Å². The number of aliphatic imine (C=N–C) groups is 1. The first-order chi connectivity index (χ1) is 8.10. The van der Waals surface area contributed by atoms with Crippen LogP contribution in [0.5, 0.6) is 0 Å². The Hall–Kier alpha value is -0.770. The van der Waals surface area contributed by atoms with Crippen LogP contribution < -0.4 is 11.3 Å². The average molecular weight is 242 g/mol. The zero-order valence-corrected chi connectivity index (χ0v) is 12.2. The quantitative estimate of drug-likeness (QED) is 0.312. The molecule has 102 valence electrons. The number of hydrogen-bond donors (Lipinski definition) is 2. The van der Waals surface area contributed by atoms with E-state index in [1.807, 2.05) is 0 Å². The minimum atomic E-state index is 0.518. The molecule has 17 heavy (non-hydrogen) atoms. The van der Waals surface area contributed by atoms with E-state index in [2.05, 4.69) is 49.9 Å². The molecule has 0 aromatic rings. The van der Waals surface area contributed by atoms with Gasteiger partial charge in [-0.05, 0) is 25.2 Å². The normalized spacial score (nSPS) is 12.4. The highest BCUT2D eigenvalue weighted by molar-refractivity contribution is 5.79. The molecule has 0 unspecified atom stereocenters. The minimum absolute atomic E-state index is 0.518. The van der Waals surface area contributed by atoms with Crippen molar-refractivity contribution in [1.29, 1.82) is 0 Å². The van der Waals surface area contributed by atoms with Crippen LogP contribution in [0.3, 0.4) is 0 Å². The fourth-order valence-corrected chi connectivity index (χ4v) is 1.97. The minimum Gasteiger partial charge on any atom is -0.339 e. The first kappa shape index (κ1) is 16.2. The molecule has 0 aliphatic rings. The summed E-state index contributed by atoms with van der Waals surface area (Å²) in [5.74, 6) is 7.06. The zero-order valence-electron chi connectivity index (χ0n) is 12.2. The summed E-state index contributed by atoms with van der Waals surface area (Å²) in [5, 5.41) is 0. The number of hydrogen-bond acceptors (Lipinski definition) is 2. The standard InChI is InChI=1S/C13H30N4/c1-6-9-15-13(16-14)17(10-11(4)5)12(7-2)8-3/h11-12H,6-10,14H2,1-5H3,(H,15,16). The van der Waals surface area contributed by atoms with Gasteiger partial charge in [0.1, 0.15) is 0 Å². The summed E-state index contributed by atoms with van der Waals surface area (Å²) in [6.07, 6.45) is 3.29. The van der Waals surface area contributed by atoms with Gasteiger partial charge in [-0.2, -0.15) is 0 Å². The molecule has 0 aliphatic heterocycles. The maximum atomic E-state index is 5.61. The topological polar surface area (TPSA) is 53.6 Å². The Morgan fingerprint density at radius 1 is 1.24 bits per heavy atom. The Morgan fingerprint density at radius 3 is 2.18 bits per heavy atom. The maximum Gasteiger partial charge on any atom is 0.208 e. The molecule has 0 radical (unpaired) electrons. The van der Waals surface area contributed by atoms with Crippen LogP contribution in [0, 0.1) is 5.92 Å². The first-order valence-electron chi connectivity index (χ1n) is 6.88. The second-order valence-electron chi connectivity index (χ2n) is 4.87. The van der Waals surface area contributed by atoms with Crippen LogP contribution in [-0.2, 0) is 0 Å². The molecule has 0 aliphatic carbocycles. The highest BCUT2D eigenvalue weighted by Gasteiger charge is 2.19. The fraction of sp³-hybridized carbons (Fsp3) is 0.923. The highest BCUT2D eigenvalue weighted by Crippen LogP contribution is 2.11. The van der Waals surface area contributed by atoms with E-state index in [-0.39, 0.29) is 0 Å². The molecule has 0 spiro atoms. The van der Waals surface area contributed by atoms with Crippen LogP contribution in [0.4, 0.5) is 0 Å². The number of nitrogens with two attached hydrogens (primary N) is 1. The lowest BCUT2D eigenvalue weighted by molar-refractivity contribution is 0.258. The maximum absolute atomic E-state index is 5.61. The molecular formula is C13H30N4. The van der Waals surface area contributed by atoms with Gasteiger partial charge in [0.25, 0.3) is 0 Å². The molecule has 0 rings (SSSR count). The average Bonchev–Trinajstić information content (AvgIpc) is 2.30. The van der Waals surface area contributed by atoms with Crippen LogP contribution in [0.1, 0.15) is 53.9 Å². The van der Waals surface area contributed by atoms with Crippen molar-refractivity contribution in [2.24, 2.45) is 16.8 Å². The second kappa shape index (κ2) is 9.28. The van der Waals surface area contributed by atoms with Crippen molar-refractivity contribution in [3.63, 3.8) is 0 Å². The van der Waals surface area contributed by atoms with Gasteiger partial charge in [0.05, 0.1) is 0 Å². The van der Waals surface area contributed by atoms with Gasteiger partial charge in [-0.3, -0.25) is 10.4 Å². The van der Waals surface area contributed by atoms with Gasteiger partial charge in [-0.25, -0.2) is 5.84 Å². The van der Waals surface area contributed by atoms with Gasteiger partial charge in [0, 0.05) is 19.1 Å². The zero-order chi connectivity index (χ0) is 13.3. The van der Waals surface area contributed by atoms with E-state index in [1.54, 1.807) is 0 Å². The molecule has 0 saturated carbocycles. The van der Waals surface area contributed by atoms with Gasteiger partial charge in [-0.1, -0.05) is 34.6 Å². The van der Waals surface area contributed by atoms with Crippen molar-refractivity contribution in [2.75, 3.05) is 13.1 Å². The largest absolute Gasteiger partial charge is 0.339 e. The third-order valence-corrected chi connectivity index (χ3v) is 2.83. The highest BCUT2D eigenvalue weighted by atomic mass is 15.4. The number of guanidine groups is 1. The molecule has 0 fully saturated rings. The molecule has 0 saturated heterocycles. The molecule has 0 heterocycles. The van der Waals surface area contributed by atoms with Gasteiger partial charge in [0.2, 0.25) is 5.96 Å². The van der Waals surface area contributed by atoms with E-state index < -0.39 is 0 Å². The Kier molecular flexibility index (Phi) is 8.86. The van der Waals surface area contributed by atoms with Gasteiger partial charge in [-0.15, -0.1) is 0 Å². The van der Waals surface area contributed by atoms with Crippen molar-refractivity contribution < 1.29 is 0 Å². The number of nitrogens with one attached hydrogen (secondary N) is 1. The number of hydrazine groups is 1. The van der Waals surface area contributed by atoms with Crippen LogP contribution in [0.25, 0.3) is 0 Å².